The maximum atomic E-state index is 13.5. The molecular formula is C12H15F2NO5. The number of carbonyl (C=O) groups excluding carboxylic acids is 1. The molecule has 0 aliphatic heterocycles. The van der Waals surface area contributed by atoms with E-state index in [1.165, 1.54) is 0 Å². The minimum atomic E-state index is -3.26. The van der Waals surface area contributed by atoms with Gasteiger partial charge >= 0.3 is 11.9 Å². The number of amides is 1. The van der Waals surface area contributed by atoms with Crippen LogP contribution >= 0.6 is 0 Å². The number of aliphatic carboxylic acids is 2. The molecule has 0 aromatic heterocycles. The Hall–Kier alpha value is -1.73. The van der Waals surface area contributed by atoms with Gasteiger partial charge in [0, 0.05) is 12.5 Å². The lowest BCUT2D eigenvalue weighted by atomic mass is 9.69. The monoisotopic (exact) mass is 291 g/mol. The molecule has 0 bridgehead atoms. The third-order valence-electron chi connectivity index (χ3n) is 4.33. The molecule has 0 saturated heterocycles. The molecule has 1 atom stereocenters. The zero-order chi connectivity index (χ0) is 15.3. The van der Waals surface area contributed by atoms with Gasteiger partial charge in [0.1, 0.15) is 12.5 Å². The van der Waals surface area contributed by atoms with Gasteiger partial charge < -0.3 is 15.1 Å². The molecule has 2 rings (SSSR count). The van der Waals surface area contributed by atoms with Crippen LogP contribution in [0.25, 0.3) is 0 Å². The molecule has 112 valence electrons. The summed E-state index contributed by atoms with van der Waals surface area (Å²) < 4.78 is 27.0. The highest BCUT2D eigenvalue weighted by Gasteiger charge is 2.87. The van der Waals surface area contributed by atoms with Crippen molar-refractivity contribution in [2.45, 2.75) is 25.7 Å². The number of carboxylic acid groups (broad SMARTS) is 2. The summed E-state index contributed by atoms with van der Waals surface area (Å²) in [7, 11) is 0. The first kappa shape index (κ1) is 14.7. The number of hydrogen-bond donors (Lipinski definition) is 2. The van der Waals surface area contributed by atoms with Crippen molar-refractivity contribution in [1.82, 2.24) is 4.90 Å². The first-order chi connectivity index (χ1) is 9.17. The molecule has 2 saturated carbocycles. The van der Waals surface area contributed by atoms with E-state index in [1.54, 1.807) is 6.92 Å². The van der Waals surface area contributed by atoms with Crippen LogP contribution < -0.4 is 0 Å². The average Bonchev–Trinajstić information content (AvgIpc) is 2.80. The van der Waals surface area contributed by atoms with Gasteiger partial charge in [-0.25, -0.2) is 8.78 Å². The summed E-state index contributed by atoms with van der Waals surface area (Å²) in [6, 6.07) is 0. The second kappa shape index (κ2) is 4.39. The predicted octanol–water partition coefficient (Wildman–Crippen LogP) is 0.666. The summed E-state index contributed by atoms with van der Waals surface area (Å²) in [5.74, 6) is -8.89. The Balaban J connectivity index is 1.98. The fourth-order valence-electron chi connectivity index (χ4n) is 3.17. The van der Waals surface area contributed by atoms with Crippen LogP contribution in [-0.2, 0) is 14.4 Å². The Morgan fingerprint density at radius 3 is 2.15 bits per heavy atom. The van der Waals surface area contributed by atoms with E-state index in [0.717, 1.165) is 4.90 Å². The second-order valence-electron chi connectivity index (χ2n) is 5.40. The molecule has 1 spiro atoms. The van der Waals surface area contributed by atoms with E-state index in [0.29, 0.717) is 0 Å². The highest BCUT2D eigenvalue weighted by Crippen LogP contribution is 2.76. The van der Waals surface area contributed by atoms with Crippen LogP contribution in [0.4, 0.5) is 8.78 Å². The zero-order valence-corrected chi connectivity index (χ0v) is 10.8. The summed E-state index contributed by atoms with van der Waals surface area (Å²) >= 11 is 0. The van der Waals surface area contributed by atoms with E-state index >= 15 is 0 Å². The van der Waals surface area contributed by atoms with Crippen LogP contribution in [0.2, 0.25) is 0 Å². The van der Waals surface area contributed by atoms with Crippen LogP contribution in [0.5, 0.6) is 0 Å². The van der Waals surface area contributed by atoms with Gasteiger partial charge in [-0.3, -0.25) is 14.4 Å². The topological polar surface area (TPSA) is 94.9 Å². The summed E-state index contributed by atoms with van der Waals surface area (Å²) in [4.78, 5) is 34.4. The Morgan fingerprint density at radius 2 is 1.80 bits per heavy atom. The number of alkyl halides is 2. The molecule has 0 radical (unpaired) electrons. The van der Waals surface area contributed by atoms with Crippen molar-refractivity contribution >= 4 is 17.8 Å². The minimum absolute atomic E-state index is 0.174. The Labute approximate surface area is 113 Å². The number of nitrogens with zero attached hydrogens (tertiary/aromatic N) is 1. The smallest absolute Gasteiger partial charge is 0.323 e. The highest BCUT2D eigenvalue weighted by molar-refractivity contribution is 5.86. The third kappa shape index (κ3) is 1.85. The van der Waals surface area contributed by atoms with Crippen molar-refractivity contribution in [3.8, 4) is 0 Å². The number of hydrogen-bond acceptors (Lipinski definition) is 3. The van der Waals surface area contributed by atoms with Crippen molar-refractivity contribution in [1.29, 1.82) is 0 Å². The molecule has 1 unspecified atom stereocenters. The second-order valence-corrected chi connectivity index (χ2v) is 5.40. The quantitative estimate of drug-likeness (QED) is 0.776. The van der Waals surface area contributed by atoms with Gasteiger partial charge in [-0.05, 0) is 19.8 Å². The van der Waals surface area contributed by atoms with Gasteiger partial charge in [0.2, 0.25) is 5.91 Å². The van der Waals surface area contributed by atoms with Crippen LogP contribution in [0, 0.1) is 17.3 Å². The molecule has 8 heteroatoms. The summed E-state index contributed by atoms with van der Waals surface area (Å²) in [6.45, 7) is 1.30. The first-order valence-electron chi connectivity index (χ1n) is 6.28. The van der Waals surface area contributed by atoms with Crippen molar-refractivity contribution in [2.24, 2.45) is 17.3 Å². The predicted molar refractivity (Wildman–Crippen MR) is 61.1 cm³/mol. The lowest BCUT2D eigenvalue weighted by molar-refractivity contribution is -0.150. The van der Waals surface area contributed by atoms with Crippen molar-refractivity contribution in [3.05, 3.63) is 0 Å². The standard InChI is InChI=1S/C12H15F2NO5/c1-2-15(5-7(16)17)9(18)6-3-11(4-6)8(10(19)20)12(11,13)14/h6,8H,2-5H2,1H3,(H,16,17)(H,19,20). The SMILES string of the molecule is CCN(CC(=O)O)C(=O)C1CC2(C1)C(C(=O)O)C2(F)F. The molecule has 2 aliphatic rings. The van der Waals surface area contributed by atoms with Crippen molar-refractivity contribution in [3.63, 3.8) is 0 Å². The molecule has 20 heavy (non-hydrogen) atoms. The molecule has 2 N–H and O–H groups in total. The first-order valence-corrected chi connectivity index (χ1v) is 6.28. The minimum Gasteiger partial charge on any atom is -0.481 e. The van der Waals surface area contributed by atoms with E-state index in [2.05, 4.69) is 0 Å². The molecule has 1 amide bonds. The fraction of sp³-hybridized carbons (Fsp3) is 0.750. The van der Waals surface area contributed by atoms with E-state index in [1.807, 2.05) is 0 Å². The summed E-state index contributed by atoms with van der Waals surface area (Å²) in [5.41, 5.74) is -1.60. The lowest BCUT2D eigenvalue weighted by Crippen LogP contribution is -2.46. The van der Waals surface area contributed by atoms with E-state index < -0.39 is 47.6 Å². The van der Waals surface area contributed by atoms with Gasteiger partial charge in [0.15, 0.2) is 0 Å². The maximum Gasteiger partial charge on any atom is 0.323 e. The molecule has 0 aromatic carbocycles. The lowest BCUT2D eigenvalue weighted by Gasteiger charge is -2.37. The van der Waals surface area contributed by atoms with Crippen LogP contribution in [0.1, 0.15) is 19.8 Å². The number of halogens is 2. The summed E-state index contributed by atoms with van der Waals surface area (Å²) in [6.07, 6.45) is -0.377. The Kier molecular flexibility index (Phi) is 3.22. The molecule has 0 aromatic rings. The van der Waals surface area contributed by atoms with Gasteiger partial charge in [-0.2, -0.15) is 0 Å². The molecule has 6 nitrogen and oxygen atoms in total. The Morgan fingerprint density at radius 1 is 1.25 bits per heavy atom. The third-order valence-corrected chi connectivity index (χ3v) is 4.33. The number of carboxylic acids is 2. The highest BCUT2D eigenvalue weighted by atomic mass is 19.3. The van der Waals surface area contributed by atoms with E-state index in [9.17, 15) is 23.2 Å². The maximum absolute atomic E-state index is 13.5. The van der Waals surface area contributed by atoms with E-state index in [4.69, 9.17) is 10.2 Å². The molecular weight excluding hydrogens is 276 g/mol. The largest absolute Gasteiger partial charge is 0.481 e. The molecule has 2 aliphatic carbocycles. The summed E-state index contributed by atoms with van der Waals surface area (Å²) in [5, 5.41) is 17.4. The number of rotatable bonds is 5. The number of carbonyl (C=O) groups is 3. The van der Waals surface area contributed by atoms with Crippen molar-refractivity contribution in [2.75, 3.05) is 13.1 Å². The normalized spacial score (nSPS) is 33.4. The van der Waals surface area contributed by atoms with Crippen LogP contribution in [0.3, 0.4) is 0 Å². The zero-order valence-electron chi connectivity index (χ0n) is 10.8. The van der Waals surface area contributed by atoms with E-state index in [-0.39, 0.29) is 19.4 Å². The molecule has 2 fully saturated rings. The number of likely N-dealkylation sites (N-methyl/N-ethyl adjacent to an activating group) is 1. The van der Waals surface area contributed by atoms with Gasteiger partial charge in [0.05, 0.1) is 5.41 Å². The van der Waals surface area contributed by atoms with Crippen LogP contribution in [-0.4, -0.2) is 52.0 Å². The average molecular weight is 291 g/mol. The van der Waals surface area contributed by atoms with Crippen molar-refractivity contribution < 1.29 is 33.4 Å². The van der Waals surface area contributed by atoms with Gasteiger partial charge in [0.25, 0.3) is 5.92 Å². The van der Waals surface area contributed by atoms with Gasteiger partial charge in [-0.15, -0.1) is 0 Å². The molecule has 0 heterocycles. The van der Waals surface area contributed by atoms with Crippen LogP contribution in [0.15, 0.2) is 0 Å². The fourth-order valence-corrected chi connectivity index (χ4v) is 3.17. The Bertz CT molecular complexity index is 472. The van der Waals surface area contributed by atoms with Gasteiger partial charge in [-0.1, -0.05) is 0 Å².